The van der Waals surface area contributed by atoms with E-state index >= 15 is 0 Å². The van der Waals surface area contributed by atoms with Crippen LogP contribution >= 0.6 is 0 Å². The fourth-order valence-electron chi connectivity index (χ4n) is 3.61. The zero-order chi connectivity index (χ0) is 15.0. The van der Waals surface area contributed by atoms with Crippen LogP contribution in [0.25, 0.3) is 0 Å². The molecule has 0 aromatic carbocycles. The number of nitrogens with one attached hydrogen (secondary N) is 1. The van der Waals surface area contributed by atoms with Gasteiger partial charge in [-0.25, -0.2) is 0 Å². The SMILES string of the molecule is CC1(C)NC(=O)CCN(CC2CN3CCCC3CO2)C1=O. The van der Waals surface area contributed by atoms with Crippen LogP contribution in [-0.2, 0) is 14.3 Å². The number of carbonyl (C=O) groups excluding carboxylic acids is 2. The molecule has 0 aliphatic carbocycles. The van der Waals surface area contributed by atoms with Crippen LogP contribution in [-0.4, -0.2) is 72.1 Å². The van der Waals surface area contributed by atoms with E-state index in [1.54, 1.807) is 18.7 Å². The smallest absolute Gasteiger partial charge is 0.247 e. The molecule has 0 aromatic rings. The summed E-state index contributed by atoms with van der Waals surface area (Å²) >= 11 is 0. The second-order valence-electron chi connectivity index (χ2n) is 6.92. The lowest BCUT2D eigenvalue weighted by Gasteiger charge is -2.38. The average Bonchev–Trinajstić information content (AvgIpc) is 2.86. The second kappa shape index (κ2) is 5.57. The van der Waals surface area contributed by atoms with Gasteiger partial charge in [-0.15, -0.1) is 0 Å². The van der Waals surface area contributed by atoms with Gasteiger partial charge in [0.1, 0.15) is 5.54 Å². The minimum absolute atomic E-state index is 0.0134. The monoisotopic (exact) mass is 295 g/mol. The van der Waals surface area contributed by atoms with E-state index in [2.05, 4.69) is 10.2 Å². The van der Waals surface area contributed by atoms with Crippen LogP contribution < -0.4 is 5.32 Å². The summed E-state index contributed by atoms with van der Waals surface area (Å²) in [6, 6.07) is 0.570. The van der Waals surface area contributed by atoms with Gasteiger partial charge in [-0.2, -0.15) is 0 Å². The molecule has 0 radical (unpaired) electrons. The molecular formula is C15H25N3O3. The van der Waals surface area contributed by atoms with Crippen molar-refractivity contribution in [3.05, 3.63) is 0 Å². The first kappa shape index (κ1) is 14.8. The summed E-state index contributed by atoms with van der Waals surface area (Å²) in [5.74, 6) is -0.0690. The Balaban J connectivity index is 1.63. The minimum atomic E-state index is -0.821. The third-order valence-corrected chi connectivity index (χ3v) is 4.77. The van der Waals surface area contributed by atoms with Gasteiger partial charge in [-0.3, -0.25) is 14.5 Å². The Morgan fingerprint density at radius 1 is 1.33 bits per heavy atom. The van der Waals surface area contributed by atoms with Gasteiger partial charge in [-0.05, 0) is 33.2 Å². The van der Waals surface area contributed by atoms with Crippen molar-refractivity contribution in [2.45, 2.75) is 50.8 Å². The fraction of sp³-hybridized carbons (Fsp3) is 0.867. The van der Waals surface area contributed by atoms with Crippen molar-refractivity contribution in [1.29, 1.82) is 0 Å². The molecule has 3 fully saturated rings. The van der Waals surface area contributed by atoms with Crippen LogP contribution in [0, 0.1) is 0 Å². The first-order valence-electron chi connectivity index (χ1n) is 7.92. The van der Waals surface area contributed by atoms with Gasteiger partial charge in [0.05, 0.1) is 12.7 Å². The molecule has 6 heteroatoms. The lowest BCUT2D eigenvalue weighted by atomic mass is 10.0. The molecule has 118 valence electrons. The normalized spacial score (nSPS) is 33.5. The lowest BCUT2D eigenvalue weighted by Crippen LogP contribution is -2.56. The summed E-state index contributed by atoms with van der Waals surface area (Å²) in [6.07, 6.45) is 2.90. The zero-order valence-electron chi connectivity index (χ0n) is 12.9. The van der Waals surface area contributed by atoms with Crippen LogP contribution in [0.2, 0.25) is 0 Å². The molecule has 3 heterocycles. The van der Waals surface area contributed by atoms with E-state index in [1.165, 1.54) is 12.8 Å². The van der Waals surface area contributed by atoms with Crippen molar-refractivity contribution in [2.75, 3.05) is 32.8 Å². The second-order valence-corrected chi connectivity index (χ2v) is 6.92. The standard InChI is InChI=1S/C15H25N3O3/c1-15(2)14(20)18(7-5-13(19)16-15)9-12-8-17-6-3-4-11(17)10-21-12/h11-12H,3-10H2,1-2H3,(H,16,19). The highest BCUT2D eigenvalue weighted by atomic mass is 16.5. The minimum Gasteiger partial charge on any atom is -0.373 e. The maximum Gasteiger partial charge on any atom is 0.247 e. The number of hydrogen-bond donors (Lipinski definition) is 1. The molecule has 0 aromatic heterocycles. The molecule has 2 atom stereocenters. The van der Waals surface area contributed by atoms with Gasteiger partial charge in [0.15, 0.2) is 0 Å². The van der Waals surface area contributed by atoms with Crippen molar-refractivity contribution in [2.24, 2.45) is 0 Å². The number of amides is 2. The van der Waals surface area contributed by atoms with Crippen molar-refractivity contribution in [3.8, 4) is 0 Å². The first-order chi connectivity index (χ1) is 9.95. The van der Waals surface area contributed by atoms with Crippen molar-refractivity contribution >= 4 is 11.8 Å². The van der Waals surface area contributed by atoms with Crippen molar-refractivity contribution in [1.82, 2.24) is 15.1 Å². The fourth-order valence-corrected chi connectivity index (χ4v) is 3.61. The van der Waals surface area contributed by atoms with Crippen LogP contribution in [0.4, 0.5) is 0 Å². The van der Waals surface area contributed by atoms with Gasteiger partial charge in [0.25, 0.3) is 0 Å². The van der Waals surface area contributed by atoms with Crippen LogP contribution in [0.3, 0.4) is 0 Å². The molecular weight excluding hydrogens is 270 g/mol. The average molecular weight is 295 g/mol. The predicted molar refractivity (Wildman–Crippen MR) is 77.8 cm³/mol. The third kappa shape index (κ3) is 3.06. The Bertz CT molecular complexity index is 438. The quantitative estimate of drug-likeness (QED) is 0.777. The van der Waals surface area contributed by atoms with Crippen molar-refractivity contribution in [3.63, 3.8) is 0 Å². The van der Waals surface area contributed by atoms with E-state index in [9.17, 15) is 9.59 Å². The van der Waals surface area contributed by atoms with E-state index in [1.807, 2.05) is 0 Å². The number of carbonyl (C=O) groups is 2. The maximum absolute atomic E-state index is 12.6. The van der Waals surface area contributed by atoms with E-state index < -0.39 is 5.54 Å². The molecule has 6 nitrogen and oxygen atoms in total. The Morgan fingerprint density at radius 3 is 2.95 bits per heavy atom. The van der Waals surface area contributed by atoms with Gasteiger partial charge in [-0.1, -0.05) is 0 Å². The number of hydrogen-bond acceptors (Lipinski definition) is 4. The molecule has 3 aliphatic rings. The number of morpholine rings is 1. The highest BCUT2D eigenvalue weighted by Crippen LogP contribution is 2.23. The molecule has 2 amide bonds. The molecule has 2 unspecified atom stereocenters. The molecule has 3 rings (SSSR count). The van der Waals surface area contributed by atoms with E-state index in [0.717, 1.165) is 19.7 Å². The van der Waals surface area contributed by atoms with E-state index in [4.69, 9.17) is 4.74 Å². The Labute approximate surface area is 125 Å². The van der Waals surface area contributed by atoms with E-state index in [0.29, 0.717) is 25.6 Å². The number of rotatable bonds is 2. The number of nitrogens with zero attached hydrogens (tertiary/aromatic N) is 2. The highest BCUT2D eigenvalue weighted by molar-refractivity contribution is 5.92. The molecule has 1 N–H and O–H groups in total. The number of fused-ring (bicyclic) bond motifs is 1. The summed E-state index contributed by atoms with van der Waals surface area (Å²) in [6.45, 7) is 7.42. The highest BCUT2D eigenvalue weighted by Gasteiger charge is 2.39. The molecule has 3 saturated heterocycles. The summed E-state index contributed by atoms with van der Waals surface area (Å²) in [4.78, 5) is 28.5. The maximum atomic E-state index is 12.6. The van der Waals surface area contributed by atoms with Crippen molar-refractivity contribution < 1.29 is 14.3 Å². The lowest BCUT2D eigenvalue weighted by molar-refractivity contribution is -0.140. The Hall–Kier alpha value is -1.14. The van der Waals surface area contributed by atoms with Crippen LogP contribution in [0.5, 0.6) is 0 Å². The van der Waals surface area contributed by atoms with Gasteiger partial charge < -0.3 is 15.0 Å². The zero-order valence-corrected chi connectivity index (χ0v) is 12.9. The van der Waals surface area contributed by atoms with Crippen LogP contribution in [0.15, 0.2) is 0 Å². The third-order valence-electron chi connectivity index (χ3n) is 4.77. The summed E-state index contributed by atoms with van der Waals surface area (Å²) in [5, 5.41) is 2.79. The summed E-state index contributed by atoms with van der Waals surface area (Å²) < 4.78 is 5.94. The summed E-state index contributed by atoms with van der Waals surface area (Å²) in [7, 11) is 0. The molecule has 0 saturated carbocycles. The van der Waals surface area contributed by atoms with Gasteiger partial charge in [0.2, 0.25) is 11.8 Å². The Morgan fingerprint density at radius 2 is 2.14 bits per heavy atom. The number of ether oxygens (including phenoxy) is 1. The molecule has 0 bridgehead atoms. The van der Waals surface area contributed by atoms with Gasteiger partial charge in [0, 0.05) is 32.1 Å². The molecule has 3 aliphatic heterocycles. The van der Waals surface area contributed by atoms with Gasteiger partial charge >= 0.3 is 0 Å². The predicted octanol–water partition coefficient (Wildman–Crippen LogP) is -0.0233. The van der Waals surface area contributed by atoms with E-state index in [-0.39, 0.29) is 17.9 Å². The Kier molecular flexibility index (Phi) is 3.92. The topological polar surface area (TPSA) is 61.9 Å². The largest absolute Gasteiger partial charge is 0.373 e. The first-order valence-corrected chi connectivity index (χ1v) is 7.92. The molecule has 0 spiro atoms. The van der Waals surface area contributed by atoms with Crippen LogP contribution in [0.1, 0.15) is 33.1 Å². The molecule has 21 heavy (non-hydrogen) atoms. The summed E-state index contributed by atoms with van der Waals surface area (Å²) in [5.41, 5.74) is -0.821.